The summed E-state index contributed by atoms with van der Waals surface area (Å²) in [6.07, 6.45) is -0.593. The van der Waals surface area contributed by atoms with E-state index in [0.29, 0.717) is 0 Å². The summed E-state index contributed by atoms with van der Waals surface area (Å²) in [5.41, 5.74) is 0. The topological polar surface area (TPSA) is 74.6 Å². The first-order valence-electron chi connectivity index (χ1n) is 8.43. The minimum atomic E-state index is -1.08. The number of carboxylic acid groups (broad SMARTS) is 2. The number of hydrogen-bond donors (Lipinski definition) is 2. The predicted octanol–water partition coefficient (Wildman–Crippen LogP) is 5.02. The molecule has 132 valence electrons. The van der Waals surface area contributed by atoms with E-state index in [1.807, 2.05) is 0 Å². The Labute approximate surface area is 146 Å². The van der Waals surface area contributed by atoms with Crippen molar-refractivity contribution < 1.29 is 19.8 Å². The predicted molar refractivity (Wildman–Crippen MR) is 98.9 cm³/mol. The van der Waals surface area contributed by atoms with Gasteiger partial charge in [-0.2, -0.15) is 0 Å². The van der Waals surface area contributed by atoms with Crippen LogP contribution in [0.1, 0.15) is 54.4 Å². The molecule has 0 saturated heterocycles. The Morgan fingerprint density at radius 2 is 0.773 bits per heavy atom. The van der Waals surface area contributed by atoms with E-state index in [4.69, 9.17) is 10.2 Å². The maximum absolute atomic E-state index is 9.64. The van der Waals surface area contributed by atoms with Crippen molar-refractivity contribution in [1.29, 1.82) is 0 Å². The maximum Gasteiger partial charge on any atom is 0.303 e. The summed E-state index contributed by atoms with van der Waals surface area (Å²) in [6.45, 7) is 14.0. The summed E-state index contributed by atoms with van der Waals surface area (Å²) in [6, 6.07) is 0. The Bertz CT molecular complexity index is 216. The molecule has 0 bridgehead atoms. The fraction of sp³-hybridized carbons (Fsp3) is 0.875. The van der Waals surface area contributed by atoms with Gasteiger partial charge in [-0.3, -0.25) is 9.59 Å². The van der Waals surface area contributed by atoms with E-state index >= 15 is 0 Å². The van der Waals surface area contributed by atoms with Crippen molar-refractivity contribution in [2.75, 3.05) is 0 Å². The first-order valence-corrected chi connectivity index (χ1v) is 17.3. The molecule has 0 saturated carbocycles. The van der Waals surface area contributed by atoms with Crippen LogP contribution in [0, 0.1) is 0 Å². The minimum Gasteiger partial charge on any atom is -0.481 e. The Morgan fingerprint density at radius 3 is 0.818 bits per heavy atom. The van der Waals surface area contributed by atoms with Crippen LogP contribution in [-0.4, -0.2) is 50.8 Å². The van der Waals surface area contributed by atoms with E-state index in [1.165, 1.54) is 31.5 Å². The second-order valence-corrected chi connectivity index (χ2v) is 20.1. The van der Waals surface area contributed by atoms with Crippen LogP contribution in [0.25, 0.3) is 0 Å². The zero-order valence-electron chi connectivity index (χ0n) is 15.4. The molecule has 0 heterocycles. The van der Waals surface area contributed by atoms with Gasteiger partial charge in [-0.25, -0.2) is 0 Å². The molecule has 2 N–H and O–H groups in total. The quantitative estimate of drug-likeness (QED) is 0.497. The molecule has 4 nitrogen and oxygen atoms in total. The molecule has 2 radical (unpaired) electrons. The third-order valence-corrected chi connectivity index (χ3v) is 16.1. The zero-order valence-corrected chi connectivity index (χ0v) is 19.6. The van der Waals surface area contributed by atoms with E-state index in [1.54, 1.807) is 0 Å². The van der Waals surface area contributed by atoms with E-state index in [9.17, 15) is 9.59 Å². The van der Waals surface area contributed by atoms with Crippen LogP contribution < -0.4 is 0 Å². The molecule has 0 fully saturated rings. The van der Waals surface area contributed by atoms with Gasteiger partial charge in [0, 0.05) is 0 Å². The van der Waals surface area contributed by atoms with Gasteiger partial charge in [0.25, 0.3) is 0 Å². The van der Waals surface area contributed by atoms with Gasteiger partial charge < -0.3 is 10.2 Å². The van der Waals surface area contributed by atoms with Crippen molar-refractivity contribution in [2.24, 2.45) is 0 Å². The second kappa shape index (κ2) is 21.0. The van der Waals surface area contributed by atoms with Crippen LogP contribution in [0.5, 0.6) is 0 Å². The van der Waals surface area contributed by atoms with Gasteiger partial charge in [0.1, 0.15) is 0 Å². The van der Waals surface area contributed by atoms with Gasteiger partial charge in [0.15, 0.2) is 0 Å². The van der Waals surface area contributed by atoms with Crippen molar-refractivity contribution >= 4 is 40.6 Å². The van der Waals surface area contributed by atoms with E-state index in [-0.39, 0.29) is 12.8 Å². The van der Waals surface area contributed by atoms with Gasteiger partial charge in [-0.1, -0.05) is 0 Å². The molecule has 0 aromatic carbocycles. The average molecular weight is 438 g/mol. The molecule has 0 unspecified atom stereocenters. The second-order valence-electron chi connectivity index (χ2n) is 4.91. The van der Waals surface area contributed by atoms with Crippen molar-refractivity contribution in [3.8, 4) is 0 Å². The van der Waals surface area contributed by atoms with E-state index < -0.39 is 40.6 Å². The smallest absolute Gasteiger partial charge is 0.303 e. The molecule has 6 heteroatoms. The van der Waals surface area contributed by atoms with Gasteiger partial charge in [0.2, 0.25) is 0 Å². The van der Waals surface area contributed by atoms with E-state index in [2.05, 4.69) is 41.5 Å². The normalized spacial score (nSPS) is 9.64. The molecular formula is C16H36Ge2O4. The van der Waals surface area contributed by atoms with Gasteiger partial charge in [0.05, 0.1) is 12.8 Å². The monoisotopic (exact) mass is 440 g/mol. The first kappa shape index (κ1) is 26.9. The Balaban J connectivity index is -0.000000247. The Hall–Kier alpha value is 0.0257. The largest absolute Gasteiger partial charge is 0.481 e. The molecule has 0 amide bonds. The molecule has 0 atom stereocenters. The number of carboxylic acids is 2. The summed E-state index contributed by atoms with van der Waals surface area (Å²) in [7, 11) is 0. The summed E-state index contributed by atoms with van der Waals surface area (Å²) in [5, 5.41) is 24.9. The van der Waals surface area contributed by atoms with Crippen LogP contribution in [0.3, 0.4) is 0 Å². The fourth-order valence-corrected chi connectivity index (χ4v) is 8.01. The van der Waals surface area contributed by atoms with Gasteiger partial charge in [-0.15, -0.1) is 0 Å². The Kier molecular flexibility index (Phi) is 25.7. The molecule has 0 spiro atoms. The molecule has 0 rings (SSSR count). The van der Waals surface area contributed by atoms with Crippen LogP contribution >= 0.6 is 0 Å². The molecule has 0 aromatic rings. The molecule has 0 aliphatic heterocycles. The molecular weight excluding hydrogens is 401 g/mol. The SMILES string of the molecule is C[CH2][Ge]([CH2]C)[CH2]C.C[CH2][Ge]([CH2]C)[CH2]C.O=C(O)CCC(=O)O. The average Bonchev–Trinajstić information content (AvgIpc) is 2.50. The number of carbonyl (C=O) groups is 2. The molecule has 0 aromatic heterocycles. The Morgan fingerprint density at radius 1 is 0.591 bits per heavy atom. The van der Waals surface area contributed by atoms with Gasteiger partial charge in [-0.05, 0) is 0 Å². The van der Waals surface area contributed by atoms with Crippen LogP contribution in [-0.2, 0) is 9.59 Å². The van der Waals surface area contributed by atoms with Crippen LogP contribution in [0.2, 0.25) is 31.5 Å². The number of hydrogen-bond acceptors (Lipinski definition) is 2. The van der Waals surface area contributed by atoms with Crippen molar-refractivity contribution in [1.82, 2.24) is 0 Å². The summed E-state index contributed by atoms with van der Waals surface area (Å²) >= 11 is -0.806. The summed E-state index contributed by atoms with van der Waals surface area (Å²) in [5.74, 6) is -2.15. The van der Waals surface area contributed by atoms with Gasteiger partial charge >= 0.3 is 114 Å². The van der Waals surface area contributed by atoms with Crippen LogP contribution in [0.4, 0.5) is 0 Å². The minimum absolute atomic E-state index is 0.296. The van der Waals surface area contributed by atoms with E-state index in [0.717, 1.165) is 0 Å². The third-order valence-electron chi connectivity index (χ3n) is 3.55. The summed E-state index contributed by atoms with van der Waals surface area (Å²) in [4.78, 5) is 19.3. The van der Waals surface area contributed by atoms with Crippen molar-refractivity contribution in [3.05, 3.63) is 0 Å². The number of aliphatic carboxylic acids is 2. The summed E-state index contributed by atoms with van der Waals surface area (Å²) < 4.78 is 0. The fourth-order valence-electron chi connectivity index (χ4n) is 1.71. The first-order chi connectivity index (χ1) is 10.3. The molecule has 0 aliphatic rings. The maximum atomic E-state index is 9.64. The van der Waals surface area contributed by atoms with Crippen molar-refractivity contribution in [2.45, 2.75) is 85.9 Å². The number of rotatable bonds is 9. The third kappa shape index (κ3) is 25.0. The van der Waals surface area contributed by atoms with Crippen LogP contribution in [0.15, 0.2) is 0 Å². The zero-order chi connectivity index (χ0) is 18.0. The standard InChI is InChI=1S/2C6H15Ge.C4H6O4/c2*1-4-7(5-2)6-3;5-3(6)1-2-4(7)8/h2*4-6H2,1-3H3;1-2H2,(H,5,6)(H,7,8). The van der Waals surface area contributed by atoms with Crippen molar-refractivity contribution in [3.63, 3.8) is 0 Å². The molecule has 22 heavy (non-hydrogen) atoms. The molecule has 0 aliphatic carbocycles.